The second kappa shape index (κ2) is 4.81. The van der Waals surface area contributed by atoms with E-state index < -0.39 is 8.07 Å². The summed E-state index contributed by atoms with van der Waals surface area (Å²) < 4.78 is 4.87. The molecule has 0 saturated heterocycles. The molecule has 0 saturated carbocycles. The lowest BCUT2D eigenvalue weighted by atomic mass is 10.3. The molecular formula is C10H19NO3Si. The van der Waals surface area contributed by atoms with Crippen LogP contribution < -0.4 is 5.48 Å². The van der Waals surface area contributed by atoms with E-state index in [2.05, 4.69) is 25.1 Å². The molecule has 1 N–H and O–H groups in total. The zero-order valence-corrected chi connectivity index (χ0v) is 10.8. The minimum absolute atomic E-state index is 0.0103. The maximum Gasteiger partial charge on any atom is 0.356 e. The lowest BCUT2D eigenvalue weighted by Crippen LogP contribution is -2.27. The van der Waals surface area contributed by atoms with Gasteiger partial charge >= 0.3 is 5.97 Å². The van der Waals surface area contributed by atoms with Crippen LogP contribution in [0, 0.1) is 0 Å². The Balaban J connectivity index is 2.51. The summed E-state index contributed by atoms with van der Waals surface area (Å²) in [4.78, 5) is 16.6. The Morgan fingerprint density at radius 1 is 1.60 bits per heavy atom. The normalized spacial score (nSPS) is 20.8. The molecule has 1 aliphatic rings. The summed E-state index contributed by atoms with van der Waals surface area (Å²) >= 11 is 0. The molecule has 0 aromatic rings. The highest BCUT2D eigenvalue weighted by Gasteiger charge is 2.26. The molecule has 0 bridgehead atoms. The largest absolute Gasteiger partial charge is 0.461 e. The number of nitrogens with one attached hydrogen (secondary N) is 1. The van der Waals surface area contributed by atoms with Crippen LogP contribution in [-0.4, -0.2) is 26.8 Å². The Labute approximate surface area is 91.6 Å². The number of hydroxylamine groups is 1. The van der Waals surface area contributed by atoms with Gasteiger partial charge in [0.2, 0.25) is 0 Å². The summed E-state index contributed by atoms with van der Waals surface area (Å²) in [7, 11) is -1.17. The smallest absolute Gasteiger partial charge is 0.356 e. The first kappa shape index (κ1) is 12.3. The molecule has 1 unspecified atom stereocenters. The van der Waals surface area contributed by atoms with E-state index in [1.165, 1.54) is 0 Å². The van der Waals surface area contributed by atoms with Gasteiger partial charge < -0.3 is 4.74 Å². The fourth-order valence-electron chi connectivity index (χ4n) is 1.42. The molecule has 4 nitrogen and oxygen atoms in total. The predicted molar refractivity (Wildman–Crippen MR) is 60.9 cm³/mol. The maximum atomic E-state index is 11.3. The van der Waals surface area contributed by atoms with Crippen LogP contribution in [0.25, 0.3) is 0 Å². The molecule has 0 fully saturated rings. The monoisotopic (exact) mass is 229 g/mol. The van der Waals surface area contributed by atoms with E-state index in [9.17, 15) is 4.79 Å². The molecule has 5 heteroatoms. The molecule has 0 aliphatic carbocycles. The SMILES string of the molecule is CCOC(=O)C1=CC(C[Si](C)(C)C)ON1. The van der Waals surface area contributed by atoms with Crippen molar-refractivity contribution in [3.05, 3.63) is 11.8 Å². The average Bonchev–Trinajstić information content (AvgIpc) is 2.50. The van der Waals surface area contributed by atoms with Gasteiger partial charge in [0.25, 0.3) is 0 Å². The zero-order valence-electron chi connectivity index (χ0n) is 9.79. The van der Waals surface area contributed by atoms with Crippen molar-refractivity contribution in [2.24, 2.45) is 0 Å². The fraction of sp³-hybridized carbons (Fsp3) is 0.700. The minimum atomic E-state index is -1.17. The van der Waals surface area contributed by atoms with Gasteiger partial charge in [0.15, 0.2) is 0 Å². The van der Waals surface area contributed by atoms with E-state index >= 15 is 0 Å². The highest BCUT2D eigenvalue weighted by Crippen LogP contribution is 2.19. The van der Waals surface area contributed by atoms with Gasteiger partial charge in [-0.05, 0) is 19.0 Å². The molecule has 1 rings (SSSR count). The van der Waals surface area contributed by atoms with Crippen LogP contribution in [0.15, 0.2) is 11.8 Å². The number of hydrogen-bond donors (Lipinski definition) is 1. The Bertz CT molecular complexity index is 270. The van der Waals surface area contributed by atoms with E-state index in [4.69, 9.17) is 9.57 Å². The number of carbonyl (C=O) groups excluding carboxylic acids is 1. The summed E-state index contributed by atoms with van der Waals surface area (Å²) in [6.07, 6.45) is 1.83. The summed E-state index contributed by atoms with van der Waals surface area (Å²) in [5.41, 5.74) is 3.05. The Morgan fingerprint density at radius 2 is 2.27 bits per heavy atom. The first-order valence-electron chi connectivity index (χ1n) is 5.23. The standard InChI is InChI=1S/C10H19NO3Si/c1-5-13-10(12)9-6-8(14-11-9)7-15(2,3)4/h6,8,11H,5,7H2,1-4H3. The number of esters is 1. The third kappa shape index (κ3) is 4.05. The van der Waals surface area contributed by atoms with Gasteiger partial charge in [0, 0.05) is 8.07 Å². The van der Waals surface area contributed by atoms with Gasteiger partial charge in [0.05, 0.1) is 6.61 Å². The Kier molecular flexibility index (Phi) is 3.93. The topological polar surface area (TPSA) is 47.6 Å². The van der Waals surface area contributed by atoms with Crippen molar-refractivity contribution in [1.82, 2.24) is 5.48 Å². The van der Waals surface area contributed by atoms with Crippen LogP contribution in [0.1, 0.15) is 6.92 Å². The molecule has 1 aliphatic heterocycles. The lowest BCUT2D eigenvalue weighted by molar-refractivity contribution is -0.140. The number of ether oxygens (including phenoxy) is 1. The van der Waals surface area contributed by atoms with E-state index in [1.807, 2.05) is 6.08 Å². The van der Waals surface area contributed by atoms with Crippen LogP contribution in [0.4, 0.5) is 0 Å². The van der Waals surface area contributed by atoms with Crippen molar-refractivity contribution in [2.45, 2.75) is 38.7 Å². The molecule has 0 aromatic carbocycles. The first-order valence-corrected chi connectivity index (χ1v) is 8.93. The third-order valence-electron chi connectivity index (χ3n) is 1.98. The molecule has 1 atom stereocenters. The van der Waals surface area contributed by atoms with Gasteiger partial charge in [-0.3, -0.25) is 10.3 Å². The van der Waals surface area contributed by atoms with E-state index in [1.54, 1.807) is 6.92 Å². The quantitative estimate of drug-likeness (QED) is 0.588. The van der Waals surface area contributed by atoms with Crippen LogP contribution in [-0.2, 0) is 14.4 Å². The third-order valence-corrected chi connectivity index (χ3v) is 3.61. The fourth-order valence-corrected chi connectivity index (χ4v) is 2.82. The van der Waals surface area contributed by atoms with E-state index in [0.29, 0.717) is 12.3 Å². The zero-order chi connectivity index (χ0) is 11.5. The van der Waals surface area contributed by atoms with Crippen LogP contribution in [0.2, 0.25) is 25.7 Å². The van der Waals surface area contributed by atoms with Crippen molar-refractivity contribution >= 4 is 14.0 Å². The molecule has 86 valence electrons. The van der Waals surface area contributed by atoms with Gasteiger partial charge in [-0.1, -0.05) is 19.6 Å². The Morgan fingerprint density at radius 3 is 2.80 bits per heavy atom. The molecule has 0 aromatic heterocycles. The van der Waals surface area contributed by atoms with Gasteiger partial charge in [-0.2, -0.15) is 0 Å². The first-order chi connectivity index (χ1) is 6.92. The van der Waals surface area contributed by atoms with Gasteiger partial charge in [-0.15, -0.1) is 0 Å². The van der Waals surface area contributed by atoms with E-state index in [0.717, 1.165) is 6.04 Å². The predicted octanol–water partition coefficient (Wildman–Crippen LogP) is 1.67. The molecular weight excluding hydrogens is 210 g/mol. The summed E-state index contributed by atoms with van der Waals surface area (Å²) in [5.74, 6) is -0.337. The highest BCUT2D eigenvalue weighted by molar-refractivity contribution is 6.76. The van der Waals surface area contributed by atoms with Crippen molar-refractivity contribution in [2.75, 3.05) is 6.61 Å². The molecule has 1 heterocycles. The van der Waals surface area contributed by atoms with Crippen molar-refractivity contribution in [3.63, 3.8) is 0 Å². The van der Waals surface area contributed by atoms with E-state index in [-0.39, 0.29) is 12.1 Å². The van der Waals surface area contributed by atoms with Crippen molar-refractivity contribution in [3.8, 4) is 0 Å². The van der Waals surface area contributed by atoms with Crippen LogP contribution in [0.3, 0.4) is 0 Å². The van der Waals surface area contributed by atoms with Gasteiger partial charge in [-0.25, -0.2) is 4.79 Å². The summed E-state index contributed by atoms with van der Waals surface area (Å²) in [6.45, 7) is 8.98. The highest BCUT2D eigenvalue weighted by atomic mass is 28.3. The average molecular weight is 229 g/mol. The minimum Gasteiger partial charge on any atom is -0.461 e. The lowest BCUT2D eigenvalue weighted by Gasteiger charge is -2.18. The van der Waals surface area contributed by atoms with Crippen LogP contribution in [0.5, 0.6) is 0 Å². The molecule has 0 radical (unpaired) electrons. The van der Waals surface area contributed by atoms with Gasteiger partial charge in [0.1, 0.15) is 11.8 Å². The maximum absolute atomic E-state index is 11.3. The second-order valence-corrected chi connectivity index (χ2v) is 10.4. The number of carbonyl (C=O) groups is 1. The number of hydrogen-bond acceptors (Lipinski definition) is 4. The molecule has 0 spiro atoms. The van der Waals surface area contributed by atoms with Crippen LogP contribution >= 0.6 is 0 Å². The summed E-state index contributed by atoms with van der Waals surface area (Å²) in [6, 6.07) is 1.00. The van der Waals surface area contributed by atoms with Crippen molar-refractivity contribution < 1.29 is 14.4 Å². The molecule has 0 amide bonds. The summed E-state index contributed by atoms with van der Waals surface area (Å²) in [5, 5.41) is 0. The number of rotatable bonds is 4. The Hall–Kier alpha value is -0.813. The molecule has 15 heavy (non-hydrogen) atoms. The van der Waals surface area contributed by atoms with Crippen molar-refractivity contribution in [1.29, 1.82) is 0 Å². The second-order valence-electron chi connectivity index (χ2n) is 4.82.